The Morgan fingerprint density at radius 2 is 1.71 bits per heavy atom. The highest BCUT2D eigenvalue weighted by molar-refractivity contribution is 5.70. The van der Waals surface area contributed by atoms with Gasteiger partial charge in [0.05, 0.1) is 0 Å². The van der Waals surface area contributed by atoms with Crippen molar-refractivity contribution in [3.8, 4) is 0 Å². The van der Waals surface area contributed by atoms with Gasteiger partial charge in [0, 0.05) is 12.8 Å². The molecule has 0 unspecified atom stereocenters. The van der Waals surface area contributed by atoms with Crippen LogP contribution < -0.4 is 0 Å². The minimum absolute atomic E-state index is 0.130. The number of carboxylic acid groups (broad SMARTS) is 1. The van der Waals surface area contributed by atoms with Gasteiger partial charge in [-0.3, -0.25) is 9.59 Å². The van der Waals surface area contributed by atoms with Crippen LogP contribution >= 0.6 is 0 Å². The summed E-state index contributed by atoms with van der Waals surface area (Å²) in [5.74, 6) is -0.989. The molecule has 0 aromatic carbocycles. The molecule has 1 rings (SSSR count). The lowest BCUT2D eigenvalue weighted by Crippen LogP contribution is -2.33. The van der Waals surface area contributed by atoms with Crippen LogP contribution in [0.4, 0.5) is 0 Å². The second-order valence-electron chi connectivity index (χ2n) is 5.09. The fourth-order valence-electron chi connectivity index (χ4n) is 2.27. The third-order valence-corrected chi connectivity index (χ3v) is 3.29. The molecule has 0 amide bonds. The Bertz CT molecular complexity index is 267. The highest BCUT2D eigenvalue weighted by atomic mass is 16.6. The van der Waals surface area contributed by atoms with Gasteiger partial charge in [0.2, 0.25) is 0 Å². The monoisotopic (exact) mass is 242 g/mol. The summed E-state index contributed by atoms with van der Waals surface area (Å²) in [5.41, 5.74) is -0.276. The molecular formula is C13H22O4. The number of hydrogen-bond donors (Lipinski definition) is 1. The zero-order valence-corrected chi connectivity index (χ0v) is 10.5. The first kappa shape index (κ1) is 14.0. The zero-order chi connectivity index (χ0) is 12.7. The van der Waals surface area contributed by atoms with Gasteiger partial charge in [-0.05, 0) is 45.4 Å². The largest absolute Gasteiger partial charge is 0.481 e. The molecule has 0 radical (unpaired) electrons. The molecule has 17 heavy (non-hydrogen) atoms. The third-order valence-electron chi connectivity index (χ3n) is 3.29. The van der Waals surface area contributed by atoms with E-state index >= 15 is 0 Å². The molecule has 0 aliphatic heterocycles. The van der Waals surface area contributed by atoms with Crippen molar-refractivity contribution >= 4 is 11.9 Å². The van der Waals surface area contributed by atoms with Gasteiger partial charge < -0.3 is 9.84 Å². The first-order valence-electron chi connectivity index (χ1n) is 6.45. The lowest BCUT2D eigenvalue weighted by molar-refractivity contribution is -0.161. The van der Waals surface area contributed by atoms with Crippen molar-refractivity contribution in [1.29, 1.82) is 0 Å². The molecule has 1 saturated carbocycles. The van der Waals surface area contributed by atoms with Crippen LogP contribution in [0, 0.1) is 0 Å². The van der Waals surface area contributed by atoms with Gasteiger partial charge >= 0.3 is 11.9 Å². The number of carboxylic acids is 1. The molecule has 4 nitrogen and oxygen atoms in total. The van der Waals surface area contributed by atoms with E-state index in [1.54, 1.807) is 0 Å². The summed E-state index contributed by atoms with van der Waals surface area (Å²) in [6, 6.07) is 0. The van der Waals surface area contributed by atoms with E-state index in [4.69, 9.17) is 9.84 Å². The Morgan fingerprint density at radius 1 is 1.12 bits per heavy atom. The van der Waals surface area contributed by atoms with Gasteiger partial charge in [-0.2, -0.15) is 0 Å². The van der Waals surface area contributed by atoms with E-state index in [0.717, 1.165) is 25.7 Å². The first-order valence-corrected chi connectivity index (χ1v) is 6.45. The number of unbranched alkanes of at least 4 members (excludes halogenated alkanes) is 1. The second kappa shape index (κ2) is 6.62. The van der Waals surface area contributed by atoms with Crippen LogP contribution in [0.1, 0.15) is 64.7 Å². The Kier molecular flexibility index (Phi) is 5.45. The summed E-state index contributed by atoms with van der Waals surface area (Å²) in [4.78, 5) is 21.9. The molecule has 0 aromatic rings. The van der Waals surface area contributed by atoms with E-state index < -0.39 is 5.97 Å². The topological polar surface area (TPSA) is 63.6 Å². The molecule has 0 saturated heterocycles. The lowest BCUT2D eigenvalue weighted by Gasteiger charge is -2.33. The molecule has 0 aromatic heterocycles. The van der Waals surface area contributed by atoms with Crippen LogP contribution in [0.15, 0.2) is 0 Å². The maximum absolute atomic E-state index is 11.6. The molecule has 0 spiro atoms. The summed E-state index contributed by atoms with van der Waals surface area (Å²) >= 11 is 0. The van der Waals surface area contributed by atoms with Gasteiger partial charge in [-0.1, -0.05) is 6.42 Å². The predicted octanol–water partition coefficient (Wildman–Crippen LogP) is 2.90. The average molecular weight is 242 g/mol. The van der Waals surface area contributed by atoms with Gasteiger partial charge in [-0.15, -0.1) is 0 Å². The Morgan fingerprint density at radius 3 is 2.29 bits per heavy atom. The fourth-order valence-corrected chi connectivity index (χ4v) is 2.27. The number of hydrogen-bond acceptors (Lipinski definition) is 3. The molecule has 1 aliphatic carbocycles. The quantitative estimate of drug-likeness (QED) is 0.574. The predicted molar refractivity (Wildman–Crippen MR) is 63.7 cm³/mol. The van der Waals surface area contributed by atoms with Crippen molar-refractivity contribution in [3.05, 3.63) is 0 Å². The number of esters is 1. The van der Waals surface area contributed by atoms with Gasteiger partial charge in [0.1, 0.15) is 5.60 Å². The fraction of sp³-hybridized carbons (Fsp3) is 0.846. The van der Waals surface area contributed by atoms with E-state index in [2.05, 4.69) is 0 Å². The van der Waals surface area contributed by atoms with Crippen molar-refractivity contribution in [2.24, 2.45) is 0 Å². The number of rotatable bonds is 6. The van der Waals surface area contributed by atoms with E-state index in [9.17, 15) is 9.59 Å². The van der Waals surface area contributed by atoms with Crippen molar-refractivity contribution in [1.82, 2.24) is 0 Å². The van der Waals surface area contributed by atoms with E-state index in [0.29, 0.717) is 19.3 Å². The third kappa shape index (κ3) is 5.71. The SMILES string of the molecule is CC1(OC(=O)CCCCC(=O)O)CCCCC1. The first-order chi connectivity index (χ1) is 8.02. The smallest absolute Gasteiger partial charge is 0.306 e. The molecule has 4 heteroatoms. The van der Waals surface area contributed by atoms with Crippen molar-refractivity contribution in [2.75, 3.05) is 0 Å². The van der Waals surface area contributed by atoms with Gasteiger partial charge in [-0.25, -0.2) is 0 Å². The Hall–Kier alpha value is -1.06. The minimum atomic E-state index is -0.808. The summed E-state index contributed by atoms with van der Waals surface area (Å²) < 4.78 is 5.50. The molecule has 1 N–H and O–H groups in total. The zero-order valence-electron chi connectivity index (χ0n) is 10.5. The Labute approximate surface area is 102 Å². The van der Waals surface area contributed by atoms with E-state index in [1.165, 1.54) is 6.42 Å². The van der Waals surface area contributed by atoms with Gasteiger partial charge in [0.25, 0.3) is 0 Å². The average Bonchev–Trinajstić information content (AvgIpc) is 2.24. The number of ether oxygens (including phenoxy) is 1. The molecule has 1 aliphatic rings. The highest BCUT2D eigenvalue weighted by Gasteiger charge is 2.30. The van der Waals surface area contributed by atoms with Crippen molar-refractivity contribution < 1.29 is 19.4 Å². The Balaban J connectivity index is 2.17. The van der Waals surface area contributed by atoms with Crippen LogP contribution in [0.2, 0.25) is 0 Å². The molecule has 1 fully saturated rings. The second-order valence-corrected chi connectivity index (χ2v) is 5.09. The number of carbonyl (C=O) groups is 2. The highest BCUT2D eigenvalue weighted by Crippen LogP contribution is 2.31. The lowest BCUT2D eigenvalue weighted by atomic mass is 9.86. The normalized spacial score (nSPS) is 18.6. The van der Waals surface area contributed by atoms with Crippen molar-refractivity contribution in [3.63, 3.8) is 0 Å². The summed E-state index contributed by atoms with van der Waals surface area (Å²) in [6.45, 7) is 2.00. The van der Waals surface area contributed by atoms with Gasteiger partial charge in [0.15, 0.2) is 0 Å². The number of carbonyl (C=O) groups excluding carboxylic acids is 1. The molecule has 0 bridgehead atoms. The standard InChI is InChI=1S/C13H22O4/c1-13(9-5-2-6-10-13)17-12(16)8-4-3-7-11(14)15/h2-10H2,1H3,(H,14,15). The summed E-state index contributed by atoms with van der Waals surface area (Å²) in [7, 11) is 0. The van der Waals surface area contributed by atoms with E-state index in [-0.39, 0.29) is 18.0 Å². The van der Waals surface area contributed by atoms with Crippen LogP contribution in [0.25, 0.3) is 0 Å². The summed E-state index contributed by atoms with van der Waals surface area (Å²) in [5, 5.41) is 8.46. The molecule has 98 valence electrons. The van der Waals surface area contributed by atoms with E-state index in [1.807, 2.05) is 6.92 Å². The van der Waals surface area contributed by atoms with Crippen LogP contribution in [-0.4, -0.2) is 22.6 Å². The van der Waals surface area contributed by atoms with Crippen LogP contribution in [0.3, 0.4) is 0 Å². The van der Waals surface area contributed by atoms with Crippen molar-refractivity contribution in [2.45, 2.75) is 70.3 Å². The molecule has 0 heterocycles. The summed E-state index contributed by atoms with van der Waals surface area (Å²) in [6.07, 6.45) is 6.99. The number of aliphatic carboxylic acids is 1. The maximum atomic E-state index is 11.6. The van der Waals surface area contributed by atoms with Crippen LogP contribution in [-0.2, 0) is 14.3 Å². The minimum Gasteiger partial charge on any atom is -0.481 e. The molecule has 0 atom stereocenters. The maximum Gasteiger partial charge on any atom is 0.306 e. The molecular weight excluding hydrogens is 220 g/mol. The van der Waals surface area contributed by atoms with Crippen LogP contribution in [0.5, 0.6) is 0 Å².